The van der Waals surface area contributed by atoms with Crippen molar-refractivity contribution in [2.75, 3.05) is 33.2 Å². The fraction of sp³-hybridized carbons (Fsp3) is 0.483. The molecule has 1 unspecified atom stereocenters. The molecule has 33 heavy (non-hydrogen) atoms. The van der Waals surface area contributed by atoms with Crippen LogP contribution in [-0.2, 0) is 6.42 Å². The summed E-state index contributed by atoms with van der Waals surface area (Å²) < 4.78 is 0. The number of aromatic nitrogens is 1. The van der Waals surface area contributed by atoms with Gasteiger partial charge in [-0.25, -0.2) is 0 Å². The minimum absolute atomic E-state index is 0.463. The summed E-state index contributed by atoms with van der Waals surface area (Å²) in [5.74, 6) is 0.463. The van der Waals surface area contributed by atoms with Crippen molar-refractivity contribution >= 4 is 28.6 Å². The van der Waals surface area contributed by atoms with Crippen LogP contribution in [0.1, 0.15) is 68.2 Å². The van der Waals surface area contributed by atoms with E-state index in [4.69, 9.17) is 16.6 Å². The van der Waals surface area contributed by atoms with E-state index in [0.29, 0.717) is 5.92 Å². The number of rotatable bonds is 7. The number of nitrogens with zero attached hydrogens (tertiary/aromatic N) is 3. The second-order valence-corrected chi connectivity index (χ2v) is 9.72. The third-order valence-electron chi connectivity index (χ3n) is 6.90. The first-order valence-electron chi connectivity index (χ1n) is 12.4. The fourth-order valence-corrected chi connectivity index (χ4v) is 5.11. The van der Waals surface area contributed by atoms with Crippen molar-refractivity contribution in [1.82, 2.24) is 14.8 Å². The quantitative estimate of drug-likeness (QED) is 0.395. The van der Waals surface area contributed by atoms with Gasteiger partial charge in [0.15, 0.2) is 0 Å². The van der Waals surface area contributed by atoms with E-state index in [2.05, 4.69) is 55.6 Å². The summed E-state index contributed by atoms with van der Waals surface area (Å²) >= 11 is 6.63. The first-order valence-corrected chi connectivity index (χ1v) is 12.8. The van der Waals surface area contributed by atoms with Gasteiger partial charge in [-0.3, -0.25) is 4.98 Å². The maximum absolute atomic E-state index is 6.63. The molecule has 1 aliphatic carbocycles. The number of pyridine rings is 1. The Morgan fingerprint density at radius 3 is 2.64 bits per heavy atom. The zero-order valence-corrected chi connectivity index (χ0v) is 21.3. The number of unbranched alkanes of at least 4 members (excludes halogenated alkanes) is 1. The maximum atomic E-state index is 6.63. The van der Waals surface area contributed by atoms with Gasteiger partial charge in [0.1, 0.15) is 0 Å². The molecule has 2 aromatic rings. The van der Waals surface area contributed by atoms with Gasteiger partial charge in [-0.05, 0) is 62.8 Å². The van der Waals surface area contributed by atoms with Crippen molar-refractivity contribution in [2.45, 2.75) is 57.8 Å². The molecule has 0 radical (unpaired) electrons. The predicted molar refractivity (Wildman–Crippen MR) is 145 cm³/mol. The molecule has 1 saturated heterocycles. The van der Waals surface area contributed by atoms with Crippen LogP contribution in [0.5, 0.6) is 0 Å². The number of benzene rings is 1. The molecule has 2 heterocycles. The van der Waals surface area contributed by atoms with E-state index < -0.39 is 0 Å². The number of fused-ring (bicyclic) bond motifs is 2. The Balaban J connectivity index is 0.000000205. The molecule has 0 bridgehead atoms. The van der Waals surface area contributed by atoms with E-state index in [9.17, 15) is 0 Å². The van der Waals surface area contributed by atoms with Crippen molar-refractivity contribution < 1.29 is 0 Å². The Labute approximate surface area is 205 Å². The summed E-state index contributed by atoms with van der Waals surface area (Å²) in [6, 6.07) is 6.16. The van der Waals surface area contributed by atoms with Gasteiger partial charge in [0.05, 0.1) is 10.5 Å². The van der Waals surface area contributed by atoms with Crippen LogP contribution in [0.15, 0.2) is 49.7 Å². The third kappa shape index (κ3) is 6.49. The minimum atomic E-state index is 0.463. The molecule has 4 rings (SSSR count). The van der Waals surface area contributed by atoms with E-state index in [1.165, 1.54) is 75.2 Å². The molecule has 1 atom stereocenters. The molecule has 0 saturated carbocycles. The summed E-state index contributed by atoms with van der Waals surface area (Å²) in [5, 5.41) is 1.93. The first kappa shape index (κ1) is 25.5. The topological polar surface area (TPSA) is 19.4 Å². The van der Waals surface area contributed by atoms with Crippen LogP contribution in [0.3, 0.4) is 0 Å². The summed E-state index contributed by atoms with van der Waals surface area (Å²) in [6.07, 6.45) is 11.9. The fourth-order valence-electron chi connectivity index (χ4n) is 4.76. The Morgan fingerprint density at radius 2 is 1.97 bits per heavy atom. The van der Waals surface area contributed by atoms with Gasteiger partial charge < -0.3 is 9.80 Å². The average molecular weight is 466 g/mol. The van der Waals surface area contributed by atoms with Crippen LogP contribution in [0.25, 0.3) is 17.0 Å². The summed E-state index contributed by atoms with van der Waals surface area (Å²) in [6.45, 7) is 18.8. The molecule has 2 aliphatic rings. The van der Waals surface area contributed by atoms with Crippen LogP contribution >= 0.6 is 11.6 Å². The highest BCUT2D eigenvalue weighted by molar-refractivity contribution is 6.36. The van der Waals surface area contributed by atoms with Crippen LogP contribution in [0, 0.1) is 0 Å². The summed E-state index contributed by atoms with van der Waals surface area (Å²) in [5.41, 5.74) is 5.81. The smallest absolute Gasteiger partial charge is 0.0726 e. The van der Waals surface area contributed by atoms with Gasteiger partial charge in [-0.1, -0.05) is 62.4 Å². The SMILES string of the molecule is C=C(CCCC)N1CCN(C)CC1.C=CCC1CCCc2c1nc1cc(C=C)ccc1c2Cl. The molecule has 0 spiro atoms. The van der Waals surface area contributed by atoms with Crippen molar-refractivity contribution in [2.24, 2.45) is 0 Å². The van der Waals surface area contributed by atoms with Crippen LogP contribution in [-0.4, -0.2) is 48.0 Å². The maximum Gasteiger partial charge on any atom is 0.0726 e. The van der Waals surface area contributed by atoms with E-state index in [1.807, 2.05) is 18.2 Å². The molecule has 0 amide bonds. The van der Waals surface area contributed by atoms with E-state index >= 15 is 0 Å². The number of hydrogen-bond acceptors (Lipinski definition) is 3. The number of piperazine rings is 1. The Kier molecular flexibility index (Phi) is 9.58. The zero-order chi connectivity index (χ0) is 23.8. The highest BCUT2D eigenvalue weighted by Gasteiger charge is 2.24. The standard InChI is InChI=1S/C18H18ClN.C11H22N2/c1-3-6-13-7-5-8-15-17(19)14-10-9-12(4-2)11-16(14)20-18(13)15;1-4-5-6-11(2)13-9-7-12(3)8-10-13/h3-4,9-11,13H,1-2,5-8H2;2,4-10H2,1,3H3. The van der Waals surface area contributed by atoms with Gasteiger partial charge in [-0.15, -0.1) is 6.58 Å². The molecular weight excluding hydrogens is 426 g/mol. The first-order chi connectivity index (χ1) is 16.0. The number of likely N-dealkylation sites (N-methyl/N-ethyl adjacent to an activating group) is 1. The van der Waals surface area contributed by atoms with Gasteiger partial charge in [0, 0.05) is 48.9 Å². The van der Waals surface area contributed by atoms with Crippen molar-refractivity contribution in [3.05, 3.63) is 71.6 Å². The van der Waals surface area contributed by atoms with Gasteiger partial charge >= 0.3 is 0 Å². The molecule has 4 heteroatoms. The van der Waals surface area contributed by atoms with Crippen molar-refractivity contribution in [3.8, 4) is 0 Å². The molecule has 1 aromatic heterocycles. The lowest BCUT2D eigenvalue weighted by Gasteiger charge is -2.35. The molecule has 1 fully saturated rings. The largest absolute Gasteiger partial charge is 0.373 e. The Hall–Kier alpha value is -2.10. The summed E-state index contributed by atoms with van der Waals surface area (Å²) in [7, 11) is 2.19. The predicted octanol–water partition coefficient (Wildman–Crippen LogP) is 7.46. The van der Waals surface area contributed by atoms with Crippen molar-refractivity contribution in [3.63, 3.8) is 0 Å². The highest BCUT2D eigenvalue weighted by Crippen LogP contribution is 2.39. The van der Waals surface area contributed by atoms with Gasteiger partial charge in [-0.2, -0.15) is 0 Å². The normalized spacial score (nSPS) is 18.3. The van der Waals surface area contributed by atoms with E-state index in [0.717, 1.165) is 34.3 Å². The van der Waals surface area contributed by atoms with Gasteiger partial charge in [0.2, 0.25) is 0 Å². The van der Waals surface area contributed by atoms with Crippen LogP contribution in [0.2, 0.25) is 5.02 Å². The lowest BCUT2D eigenvalue weighted by molar-refractivity contribution is 0.182. The Morgan fingerprint density at radius 1 is 1.21 bits per heavy atom. The lowest BCUT2D eigenvalue weighted by atomic mass is 9.84. The molecular formula is C29H40ClN3. The average Bonchev–Trinajstić information content (AvgIpc) is 2.84. The second kappa shape index (κ2) is 12.4. The van der Waals surface area contributed by atoms with Crippen LogP contribution in [0.4, 0.5) is 0 Å². The highest BCUT2D eigenvalue weighted by atomic mass is 35.5. The minimum Gasteiger partial charge on any atom is -0.373 e. The molecule has 1 aromatic carbocycles. The number of allylic oxidation sites excluding steroid dienone is 2. The molecule has 3 nitrogen and oxygen atoms in total. The third-order valence-corrected chi connectivity index (χ3v) is 7.33. The zero-order valence-electron chi connectivity index (χ0n) is 20.6. The van der Waals surface area contributed by atoms with Gasteiger partial charge in [0.25, 0.3) is 0 Å². The van der Waals surface area contributed by atoms with E-state index in [-0.39, 0.29) is 0 Å². The Bertz CT molecular complexity index is 972. The number of hydrogen-bond donors (Lipinski definition) is 0. The van der Waals surface area contributed by atoms with Crippen LogP contribution < -0.4 is 0 Å². The monoisotopic (exact) mass is 465 g/mol. The van der Waals surface area contributed by atoms with E-state index in [1.54, 1.807) is 0 Å². The molecule has 0 N–H and O–H groups in total. The lowest BCUT2D eigenvalue weighted by Crippen LogP contribution is -2.43. The summed E-state index contributed by atoms with van der Waals surface area (Å²) in [4.78, 5) is 9.72. The number of halogens is 1. The molecule has 178 valence electrons. The second-order valence-electron chi connectivity index (χ2n) is 9.34. The molecule has 1 aliphatic heterocycles. The van der Waals surface area contributed by atoms with Crippen molar-refractivity contribution in [1.29, 1.82) is 0 Å².